The third-order valence-electron chi connectivity index (χ3n) is 2.54. The normalized spacial score (nSPS) is 10.3. The smallest absolute Gasteiger partial charge is 0.223 e. The van der Waals surface area contributed by atoms with E-state index >= 15 is 0 Å². The topological polar surface area (TPSA) is 59.9 Å². The van der Waals surface area contributed by atoms with Crippen molar-refractivity contribution in [2.24, 2.45) is 0 Å². The van der Waals surface area contributed by atoms with Gasteiger partial charge in [-0.25, -0.2) is 14.4 Å². The zero-order valence-electron chi connectivity index (χ0n) is 11.6. The fraction of sp³-hybridized carbons (Fsp3) is 0.357. The minimum Gasteiger partial charge on any atom is -0.492 e. The van der Waals surface area contributed by atoms with Crippen molar-refractivity contribution in [3.8, 4) is 17.0 Å². The van der Waals surface area contributed by atoms with E-state index in [2.05, 4.69) is 20.3 Å². The molecule has 0 bridgehead atoms. The zero-order chi connectivity index (χ0) is 14.4. The van der Waals surface area contributed by atoms with E-state index in [9.17, 15) is 4.39 Å². The molecule has 0 fully saturated rings. The Labute approximate surface area is 117 Å². The highest BCUT2D eigenvalue weighted by atomic mass is 19.1. The third kappa shape index (κ3) is 3.40. The van der Waals surface area contributed by atoms with Gasteiger partial charge in [-0.1, -0.05) is 6.92 Å². The first-order valence-electron chi connectivity index (χ1n) is 6.59. The van der Waals surface area contributed by atoms with Crippen molar-refractivity contribution in [3.05, 3.63) is 30.5 Å². The zero-order valence-corrected chi connectivity index (χ0v) is 11.6. The van der Waals surface area contributed by atoms with Crippen LogP contribution in [0.3, 0.4) is 0 Å². The molecule has 2 rings (SSSR count). The van der Waals surface area contributed by atoms with Gasteiger partial charge in [-0.15, -0.1) is 0 Å². The second kappa shape index (κ2) is 6.79. The molecule has 0 aliphatic heterocycles. The molecule has 0 unspecified atom stereocenters. The van der Waals surface area contributed by atoms with E-state index < -0.39 is 5.82 Å². The van der Waals surface area contributed by atoms with Crippen molar-refractivity contribution in [2.45, 2.75) is 20.3 Å². The van der Waals surface area contributed by atoms with Crippen molar-refractivity contribution >= 4 is 5.95 Å². The average molecular weight is 276 g/mol. The van der Waals surface area contributed by atoms with Crippen LogP contribution in [0.5, 0.6) is 5.75 Å². The summed E-state index contributed by atoms with van der Waals surface area (Å²) in [5, 5.41) is 2.95. The maximum Gasteiger partial charge on any atom is 0.223 e. The van der Waals surface area contributed by atoms with Crippen LogP contribution in [0, 0.1) is 5.82 Å². The lowest BCUT2D eigenvalue weighted by atomic mass is 10.2. The van der Waals surface area contributed by atoms with Gasteiger partial charge in [-0.05, 0) is 19.4 Å². The Morgan fingerprint density at radius 2 is 2.10 bits per heavy atom. The van der Waals surface area contributed by atoms with Crippen LogP contribution < -0.4 is 10.1 Å². The molecule has 0 radical (unpaired) electrons. The molecule has 6 heteroatoms. The van der Waals surface area contributed by atoms with Crippen LogP contribution in [0.2, 0.25) is 0 Å². The van der Waals surface area contributed by atoms with Crippen LogP contribution in [0.1, 0.15) is 20.3 Å². The first-order chi connectivity index (χ1) is 9.74. The molecule has 0 aromatic carbocycles. The first kappa shape index (κ1) is 14.2. The maximum atomic E-state index is 13.9. The molecule has 0 amide bonds. The van der Waals surface area contributed by atoms with Crippen molar-refractivity contribution < 1.29 is 9.13 Å². The minimum absolute atomic E-state index is 0.213. The van der Waals surface area contributed by atoms with Gasteiger partial charge in [0.05, 0.1) is 19.0 Å². The quantitative estimate of drug-likeness (QED) is 0.879. The van der Waals surface area contributed by atoms with E-state index in [0.717, 1.165) is 12.6 Å². The molecule has 2 aromatic rings. The molecule has 20 heavy (non-hydrogen) atoms. The summed E-state index contributed by atoms with van der Waals surface area (Å²) in [5.41, 5.74) is 0.781. The van der Waals surface area contributed by atoms with Crippen molar-refractivity contribution in [2.75, 3.05) is 18.5 Å². The molecule has 0 saturated heterocycles. The van der Waals surface area contributed by atoms with E-state index in [0.29, 0.717) is 30.4 Å². The van der Waals surface area contributed by atoms with E-state index in [1.165, 1.54) is 0 Å². The number of hydrogen-bond acceptors (Lipinski definition) is 5. The summed E-state index contributed by atoms with van der Waals surface area (Å²) in [6.07, 6.45) is 5.21. The maximum absolute atomic E-state index is 13.9. The van der Waals surface area contributed by atoms with Gasteiger partial charge in [0.1, 0.15) is 11.4 Å². The molecule has 1 N–H and O–H groups in total. The Bertz CT molecular complexity index is 577. The number of pyridine rings is 1. The summed E-state index contributed by atoms with van der Waals surface area (Å²) >= 11 is 0. The highest BCUT2D eigenvalue weighted by Gasteiger charge is 2.10. The number of nitrogens with one attached hydrogen (secondary N) is 1. The highest BCUT2D eigenvalue weighted by Crippen LogP contribution is 2.24. The van der Waals surface area contributed by atoms with Gasteiger partial charge in [0, 0.05) is 18.3 Å². The van der Waals surface area contributed by atoms with Crippen LogP contribution in [0.25, 0.3) is 11.3 Å². The monoisotopic (exact) mass is 276 g/mol. The third-order valence-corrected chi connectivity index (χ3v) is 2.54. The van der Waals surface area contributed by atoms with E-state index in [4.69, 9.17) is 4.74 Å². The molecule has 0 atom stereocenters. The lowest BCUT2D eigenvalue weighted by Crippen LogP contribution is -2.04. The molecule has 106 valence electrons. The van der Waals surface area contributed by atoms with Crippen LogP contribution in [-0.2, 0) is 0 Å². The predicted molar refractivity (Wildman–Crippen MR) is 75.2 cm³/mol. The number of rotatable bonds is 6. The lowest BCUT2D eigenvalue weighted by Gasteiger charge is -2.08. The van der Waals surface area contributed by atoms with Crippen LogP contribution in [-0.4, -0.2) is 28.1 Å². The number of hydrogen-bond donors (Lipinski definition) is 1. The Balaban J connectivity index is 2.32. The van der Waals surface area contributed by atoms with Gasteiger partial charge in [0.25, 0.3) is 0 Å². The number of nitrogens with zero attached hydrogens (tertiary/aromatic N) is 3. The molecular weight excluding hydrogens is 259 g/mol. The second-order valence-electron chi connectivity index (χ2n) is 4.18. The molecule has 0 aliphatic rings. The molecule has 2 heterocycles. The molecular formula is C14H17FN4O. The van der Waals surface area contributed by atoms with Crippen molar-refractivity contribution in [3.63, 3.8) is 0 Å². The van der Waals surface area contributed by atoms with Crippen molar-refractivity contribution in [1.29, 1.82) is 0 Å². The predicted octanol–water partition coefficient (Wildman–Crippen LogP) is 2.90. The average Bonchev–Trinajstić information content (AvgIpc) is 2.47. The fourth-order valence-electron chi connectivity index (χ4n) is 1.66. The number of anilines is 1. The van der Waals surface area contributed by atoms with Gasteiger partial charge < -0.3 is 10.1 Å². The second-order valence-corrected chi connectivity index (χ2v) is 4.18. The summed E-state index contributed by atoms with van der Waals surface area (Å²) in [5.74, 6) is 0.511. The summed E-state index contributed by atoms with van der Waals surface area (Å²) in [4.78, 5) is 12.1. The Hall–Kier alpha value is -2.24. The molecule has 0 saturated carbocycles. The van der Waals surface area contributed by atoms with Gasteiger partial charge in [0.2, 0.25) is 5.95 Å². The van der Waals surface area contributed by atoms with Gasteiger partial charge in [-0.3, -0.25) is 4.98 Å². The largest absolute Gasteiger partial charge is 0.492 e. The standard InChI is InChI=1S/C14H17FN4O/c1-3-5-20-11-6-10(7-16-8-11)13-12(15)9-18-14(19-13)17-4-2/h6-9H,3-5H2,1-2H3,(H,17,18,19). The Morgan fingerprint density at radius 3 is 2.85 bits per heavy atom. The van der Waals surface area contributed by atoms with Crippen LogP contribution in [0.4, 0.5) is 10.3 Å². The van der Waals surface area contributed by atoms with E-state index in [-0.39, 0.29) is 5.69 Å². The molecule has 0 spiro atoms. The molecule has 5 nitrogen and oxygen atoms in total. The molecule has 2 aromatic heterocycles. The first-order valence-corrected chi connectivity index (χ1v) is 6.59. The fourth-order valence-corrected chi connectivity index (χ4v) is 1.66. The number of ether oxygens (including phenoxy) is 1. The van der Waals surface area contributed by atoms with Gasteiger partial charge in [0.15, 0.2) is 5.82 Å². The number of aromatic nitrogens is 3. The minimum atomic E-state index is -0.485. The van der Waals surface area contributed by atoms with Crippen molar-refractivity contribution in [1.82, 2.24) is 15.0 Å². The molecule has 0 aliphatic carbocycles. The number of halogens is 1. The van der Waals surface area contributed by atoms with E-state index in [1.807, 2.05) is 13.8 Å². The SMILES string of the molecule is CCCOc1cncc(-c2nc(NCC)ncc2F)c1. The van der Waals surface area contributed by atoms with Gasteiger partial charge >= 0.3 is 0 Å². The van der Waals surface area contributed by atoms with Crippen LogP contribution in [0.15, 0.2) is 24.7 Å². The summed E-state index contributed by atoms with van der Waals surface area (Å²) < 4.78 is 19.3. The summed E-state index contributed by atoms with van der Waals surface area (Å²) in [6.45, 7) is 5.21. The highest BCUT2D eigenvalue weighted by molar-refractivity contribution is 5.61. The lowest BCUT2D eigenvalue weighted by molar-refractivity contribution is 0.316. The summed E-state index contributed by atoms with van der Waals surface area (Å²) in [6, 6.07) is 1.73. The summed E-state index contributed by atoms with van der Waals surface area (Å²) in [7, 11) is 0. The Kier molecular flexibility index (Phi) is 4.81. The Morgan fingerprint density at radius 1 is 1.25 bits per heavy atom. The van der Waals surface area contributed by atoms with E-state index in [1.54, 1.807) is 18.5 Å². The van der Waals surface area contributed by atoms with Gasteiger partial charge in [-0.2, -0.15) is 0 Å². The van der Waals surface area contributed by atoms with Crippen LogP contribution >= 0.6 is 0 Å².